The topological polar surface area (TPSA) is 26.0 Å². The third-order valence-electron chi connectivity index (χ3n) is 3.33. The van der Waals surface area contributed by atoms with E-state index in [-0.39, 0.29) is 0 Å². The van der Waals surface area contributed by atoms with Gasteiger partial charge >= 0.3 is 0 Å². The summed E-state index contributed by atoms with van der Waals surface area (Å²) in [4.78, 5) is 0. The molecule has 0 aromatic heterocycles. The first-order valence-corrected chi connectivity index (χ1v) is 6.60. The summed E-state index contributed by atoms with van der Waals surface area (Å²) < 4.78 is 0. The molecule has 90 valence electrons. The van der Waals surface area contributed by atoms with Crippen molar-refractivity contribution >= 4 is 0 Å². The van der Waals surface area contributed by atoms with Gasteiger partial charge in [0.2, 0.25) is 0 Å². The Morgan fingerprint density at radius 2 is 1.75 bits per heavy atom. The van der Waals surface area contributed by atoms with Crippen LogP contribution in [0.2, 0.25) is 0 Å². The van der Waals surface area contributed by atoms with Crippen molar-refractivity contribution in [2.75, 3.05) is 0 Å². The monoisotopic (exact) mass is 219 g/mol. The smallest absolute Gasteiger partial charge is 0.0108 e. The molecule has 0 spiro atoms. The molecule has 0 saturated carbocycles. The summed E-state index contributed by atoms with van der Waals surface area (Å²) in [5.74, 6) is 0.526. The molecule has 0 aliphatic heterocycles. The number of unbranched alkanes of at least 4 members (excludes halogenated alkanes) is 2. The minimum Gasteiger partial charge on any atom is -0.327 e. The highest BCUT2D eigenvalue weighted by molar-refractivity contribution is 5.20. The molecule has 1 aromatic carbocycles. The Bertz CT molecular complexity index is 268. The number of rotatable bonds is 7. The lowest BCUT2D eigenvalue weighted by molar-refractivity contribution is 0.466. The van der Waals surface area contributed by atoms with Gasteiger partial charge in [-0.2, -0.15) is 0 Å². The van der Waals surface area contributed by atoms with E-state index in [4.69, 9.17) is 5.73 Å². The van der Waals surface area contributed by atoms with Gasteiger partial charge in [0.25, 0.3) is 0 Å². The predicted molar refractivity (Wildman–Crippen MR) is 71.6 cm³/mol. The molecule has 0 fully saturated rings. The molecule has 2 atom stereocenters. The first kappa shape index (κ1) is 13.2. The number of hydrogen-bond acceptors (Lipinski definition) is 1. The Morgan fingerprint density at radius 1 is 1.06 bits per heavy atom. The SMILES string of the molecule is CCCCCC(N)C(CC)c1ccccc1. The normalized spacial score (nSPS) is 14.7. The first-order valence-electron chi connectivity index (χ1n) is 6.60. The zero-order valence-corrected chi connectivity index (χ0v) is 10.7. The molecule has 0 aliphatic carbocycles. The second kappa shape index (κ2) is 7.45. The zero-order valence-electron chi connectivity index (χ0n) is 10.7. The van der Waals surface area contributed by atoms with Crippen molar-refractivity contribution in [3.05, 3.63) is 35.9 Å². The van der Waals surface area contributed by atoms with Gasteiger partial charge in [0.15, 0.2) is 0 Å². The number of benzene rings is 1. The molecule has 0 saturated heterocycles. The fourth-order valence-corrected chi connectivity index (χ4v) is 2.32. The molecule has 2 unspecified atom stereocenters. The van der Waals surface area contributed by atoms with Crippen LogP contribution < -0.4 is 5.73 Å². The van der Waals surface area contributed by atoms with Crippen LogP contribution in [0, 0.1) is 0 Å². The van der Waals surface area contributed by atoms with Crippen LogP contribution in [0.1, 0.15) is 57.4 Å². The van der Waals surface area contributed by atoms with Gasteiger partial charge in [-0.25, -0.2) is 0 Å². The van der Waals surface area contributed by atoms with Gasteiger partial charge in [0.05, 0.1) is 0 Å². The van der Waals surface area contributed by atoms with Crippen LogP contribution in [0.3, 0.4) is 0 Å². The summed E-state index contributed by atoms with van der Waals surface area (Å²) in [6.07, 6.45) is 6.13. The van der Waals surface area contributed by atoms with E-state index in [2.05, 4.69) is 44.2 Å². The van der Waals surface area contributed by atoms with E-state index in [1.54, 1.807) is 0 Å². The molecule has 0 radical (unpaired) electrons. The Labute approximate surface area is 100 Å². The molecule has 0 heterocycles. The van der Waals surface area contributed by atoms with Crippen molar-refractivity contribution in [2.24, 2.45) is 5.73 Å². The van der Waals surface area contributed by atoms with E-state index in [1.165, 1.54) is 24.8 Å². The standard InChI is InChI=1S/C15H25N/c1-3-5-7-12-15(16)14(4-2)13-10-8-6-9-11-13/h6,8-11,14-15H,3-5,7,12,16H2,1-2H3. The molecule has 0 aliphatic rings. The second-order valence-electron chi connectivity index (χ2n) is 4.59. The van der Waals surface area contributed by atoms with E-state index >= 15 is 0 Å². The van der Waals surface area contributed by atoms with Crippen molar-refractivity contribution < 1.29 is 0 Å². The maximum absolute atomic E-state index is 6.30. The van der Waals surface area contributed by atoms with Crippen molar-refractivity contribution in [3.63, 3.8) is 0 Å². The molecule has 16 heavy (non-hydrogen) atoms. The van der Waals surface area contributed by atoms with Crippen molar-refractivity contribution in [2.45, 2.75) is 57.9 Å². The third kappa shape index (κ3) is 3.97. The minimum atomic E-state index is 0.318. The van der Waals surface area contributed by atoms with Crippen molar-refractivity contribution in [3.8, 4) is 0 Å². The highest BCUT2D eigenvalue weighted by Crippen LogP contribution is 2.24. The molecule has 0 bridgehead atoms. The van der Waals surface area contributed by atoms with Crippen LogP contribution in [0.5, 0.6) is 0 Å². The van der Waals surface area contributed by atoms with Crippen LogP contribution in [-0.2, 0) is 0 Å². The van der Waals surface area contributed by atoms with Crippen LogP contribution in [-0.4, -0.2) is 6.04 Å². The Balaban J connectivity index is 2.53. The highest BCUT2D eigenvalue weighted by atomic mass is 14.6. The van der Waals surface area contributed by atoms with Crippen LogP contribution in [0.15, 0.2) is 30.3 Å². The molecule has 1 heteroatoms. The van der Waals surface area contributed by atoms with Crippen molar-refractivity contribution in [1.82, 2.24) is 0 Å². The van der Waals surface area contributed by atoms with E-state index < -0.39 is 0 Å². The summed E-state index contributed by atoms with van der Waals surface area (Å²) in [6.45, 7) is 4.47. The second-order valence-corrected chi connectivity index (χ2v) is 4.59. The summed E-state index contributed by atoms with van der Waals surface area (Å²) >= 11 is 0. The molecule has 1 aromatic rings. The van der Waals surface area contributed by atoms with Gasteiger partial charge < -0.3 is 5.73 Å². The van der Waals surface area contributed by atoms with Gasteiger partial charge in [-0.1, -0.05) is 63.4 Å². The largest absolute Gasteiger partial charge is 0.327 e. The van der Waals surface area contributed by atoms with E-state index in [9.17, 15) is 0 Å². The molecule has 1 rings (SSSR count). The summed E-state index contributed by atoms with van der Waals surface area (Å²) in [7, 11) is 0. The van der Waals surface area contributed by atoms with Gasteiger partial charge in [0.1, 0.15) is 0 Å². The Kier molecular flexibility index (Phi) is 6.17. The highest BCUT2D eigenvalue weighted by Gasteiger charge is 2.16. The lowest BCUT2D eigenvalue weighted by Crippen LogP contribution is -2.28. The van der Waals surface area contributed by atoms with Gasteiger partial charge in [-0.3, -0.25) is 0 Å². The summed E-state index contributed by atoms with van der Waals surface area (Å²) in [5.41, 5.74) is 7.70. The van der Waals surface area contributed by atoms with Crippen LogP contribution in [0.4, 0.5) is 0 Å². The van der Waals surface area contributed by atoms with Gasteiger partial charge in [-0.15, -0.1) is 0 Å². The molecular weight excluding hydrogens is 194 g/mol. The molecule has 2 N–H and O–H groups in total. The Morgan fingerprint density at radius 3 is 2.31 bits per heavy atom. The van der Waals surface area contributed by atoms with Crippen LogP contribution in [0.25, 0.3) is 0 Å². The maximum atomic E-state index is 6.30. The fourth-order valence-electron chi connectivity index (χ4n) is 2.32. The molecular formula is C15H25N. The van der Waals surface area contributed by atoms with E-state index in [1.807, 2.05) is 0 Å². The van der Waals surface area contributed by atoms with E-state index in [0.717, 1.165) is 12.8 Å². The average molecular weight is 219 g/mol. The van der Waals surface area contributed by atoms with Crippen molar-refractivity contribution in [1.29, 1.82) is 0 Å². The Hall–Kier alpha value is -0.820. The van der Waals surface area contributed by atoms with Crippen LogP contribution >= 0.6 is 0 Å². The number of hydrogen-bond donors (Lipinski definition) is 1. The maximum Gasteiger partial charge on any atom is 0.0108 e. The van der Waals surface area contributed by atoms with Gasteiger partial charge in [-0.05, 0) is 24.3 Å². The average Bonchev–Trinajstić information content (AvgIpc) is 2.32. The summed E-state index contributed by atoms with van der Waals surface area (Å²) in [5, 5.41) is 0. The third-order valence-corrected chi connectivity index (χ3v) is 3.33. The van der Waals surface area contributed by atoms with Gasteiger partial charge in [0, 0.05) is 6.04 Å². The predicted octanol–water partition coefficient (Wildman–Crippen LogP) is 4.09. The number of nitrogens with two attached hydrogens (primary N) is 1. The minimum absolute atomic E-state index is 0.318. The van der Waals surface area contributed by atoms with E-state index in [0.29, 0.717) is 12.0 Å². The molecule has 0 amide bonds. The fraction of sp³-hybridized carbons (Fsp3) is 0.600. The first-order chi connectivity index (χ1) is 7.79. The summed E-state index contributed by atoms with van der Waals surface area (Å²) in [6, 6.07) is 11.0. The molecule has 1 nitrogen and oxygen atoms in total. The quantitative estimate of drug-likeness (QED) is 0.687. The lowest BCUT2D eigenvalue weighted by Gasteiger charge is -2.23. The lowest BCUT2D eigenvalue weighted by atomic mass is 9.87. The zero-order chi connectivity index (χ0) is 11.8.